The van der Waals surface area contributed by atoms with Crippen LogP contribution in [0.15, 0.2) is 42.5 Å². The Labute approximate surface area is 139 Å². The molecule has 6 heteroatoms. The van der Waals surface area contributed by atoms with Crippen molar-refractivity contribution in [2.24, 2.45) is 5.73 Å². The zero-order valence-electron chi connectivity index (χ0n) is 13.5. The SMILES string of the molecule is COc1ccc([C@H]2[C@@H](N)C(=O)N2Cc2ccc(F)cc2)cc1OC. The van der Waals surface area contributed by atoms with Crippen molar-refractivity contribution in [3.05, 3.63) is 59.4 Å². The van der Waals surface area contributed by atoms with Crippen LogP contribution >= 0.6 is 0 Å². The third kappa shape index (κ3) is 2.80. The Balaban J connectivity index is 1.85. The Bertz CT molecular complexity index is 748. The van der Waals surface area contributed by atoms with Crippen molar-refractivity contribution in [3.63, 3.8) is 0 Å². The summed E-state index contributed by atoms with van der Waals surface area (Å²) in [6.45, 7) is 0.381. The number of rotatable bonds is 5. The Morgan fingerprint density at radius 2 is 1.75 bits per heavy atom. The Kier molecular flexibility index (Phi) is 4.40. The molecule has 3 rings (SSSR count). The zero-order chi connectivity index (χ0) is 17.3. The van der Waals surface area contributed by atoms with Crippen molar-refractivity contribution < 1.29 is 18.7 Å². The van der Waals surface area contributed by atoms with Gasteiger partial charge in [0.1, 0.15) is 11.9 Å². The number of likely N-dealkylation sites (tertiary alicyclic amines) is 1. The third-order valence-corrected chi connectivity index (χ3v) is 4.26. The van der Waals surface area contributed by atoms with Gasteiger partial charge in [-0.15, -0.1) is 0 Å². The molecule has 0 saturated carbocycles. The van der Waals surface area contributed by atoms with E-state index in [9.17, 15) is 9.18 Å². The van der Waals surface area contributed by atoms with Gasteiger partial charge in [0.25, 0.3) is 0 Å². The molecule has 1 fully saturated rings. The molecule has 1 aliphatic rings. The maximum absolute atomic E-state index is 13.0. The molecule has 2 aromatic carbocycles. The van der Waals surface area contributed by atoms with Gasteiger partial charge in [-0.2, -0.15) is 0 Å². The Morgan fingerprint density at radius 1 is 1.08 bits per heavy atom. The standard InChI is InChI=1S/C18H19FN2O3/c1-23-14-8-5-12(9-15(14)24-2)17-16(20)18(22)21(17)10-11-3-6-13(19)7-4-11/h3-9,16-17H,10,20H2,1-2H3/t16-,17+/m1/s1. The van der Waals surface area contributed by atoms with Gasteiger partial charge in [0.05, 0.1) is 20.3 Å². The number of amides is 1. The molecule has 0 aliphatic carbocycles. The number of nitrogens with two attached hydrogens (primary N) is 1. The summed E-state index contributed by atoms with van der Waals surface area (Å²) < 4.78 is 23.6. The van der Waals surface area contributed by atoms with Gasteiger partial charge in [-0.3, -0.25) is 4.79 Å². The number of carbonyl (C=O) groups excluding carboxylic acids is 1. The van der Waals surface area contributed by atoms with Crippen LogP contribution in [0.3, 0.4) is 0 Å². The lowest BCUT2D eigenvalue weighted by atomic mass is 9.88. The molecule has 0 unspecified atom stereocenters. The molecule has 0 bridgehead atoms. The summed E-state index contributed by atoms with van der Waals surface area (Å²) in [5.74, 6) is 0.773. The van der Waals surface area contributed by atoms with Crippen LogP contribution in [-0.2, 0) is 11.3 Å². The van der Waals surface area contributed by atoms with E-state index in [1.54, 1.807) is 37.3 Å². The van der Waals surface area contributed by atoms with Crippen molar-refractivity contribution in [1.82, 2.24) is 4.90 Å². The highest BCUT2D eigenvalue weighted by molar-refractivity contribution is 5.89. The number of benzene rings is 2. The molecular weight excluding hydrogens is 311 g/mol. The van der Waals surface area contributed by atoms with Crippen LogP contribution in [0.25, 0.3) is 0 Å². The van der Waals surface area contributed by atoms with Crippen LogP contribution in [-0.4, -0.2) is 31.1 Å². The van der Waals surface area contributed by atoms with Gasteiger partial charge in [0.15, 0.2) is 11.5 Å². The van der Waals surface area contributed by atoms with E-state index in [0.29, 0.717) is 18.0 Å². The summed E-state index contributed by atoms with van der Waals surface area (Å²) in [5.41, 5.74) is 7.73. The Hall–Kier alpha value is -2.60. The lowest BCUT2D eigenvalue weighted by Crippen LogP contribution is -2.62. The van der Waals surface area contributed by atoms with Crippen molar-refractivity contribution in [2.45, 2.75) is 18.6 Å². The first kappa shape index (κ1) is 16.3. The largest absolute Gasteiger partial charge is 0.493 e. The average Bonchev–Trinajstić information content (AvgIpc) is 2.62. The van der Waals surface area contributed by atoms with E-state index in [1.165, 1.54) is 12.1 Å². The van der Waals surface area contributed by atoms with E-state index in [2.05, 4.69) is 0 Å². The van der Waals surface area contributed by atoms with Gasteiger partial charge in [0, 0.05) is 6.54 Å². The fourth-order valence-electron chi connectivity index (χ4n) is 2.96. The molecule has 1 aliphatic heterocycles. The number of hydrogen-bond donors (Lipinski definition) is 1. The summed E-state index contributed by atoms with van der Waals surface area (Å²) in [4.78, 5) is 13.8. The normalized spacial score (nSPS) is 19.8. The zero-order valence-corrected chi connectivity index (χ0v) is 13.5. The topological polar surface area (TPSA) is 64.8 Å². The van der Waals surface area contributed by atoms with Gasteiger partial charge < -0.3 is 20.1 Å². The summed E-state index contributed by atoms with van der Waals surface area (Å²) in [6.07, 6.45) is 0. The number of nitrogens with zero attached hydrogens (tertiary/aromatic N) is 1. The monoisotopic (exact) mass is 330 g/mol. The van der Waals surface area contributed by atoms with Crippen LogP contribution in [0.2, 0.25) is 0 Å². The number of methoxy groups -OCH3 is 2. The number of ether oxygens (including phenoxy) is 2. The van der Waals surface area contributed by atoms with Gasteiger partial charge in [-0.05, 0) is 35.4 Å². The quantitative estimate of drug-likeness (QED) is 0.854. The Morgan fingerprint density at radius 3 is 2.38 bits per heavy atom. The smallest absolute Gasteiger partial charge is 0.242 e. The summed E-state index contributed by atoms with van der Waals surface area (Å²) in [6, 6.07) is 10.7. The van der Waals surface area contributed by atoms with Crippen LogP contribution in [0, 0.1) is 5.82 Å². The highest BCUT2D eigenvalue weighted by Crippen LogP contribution is 2.38. The van der Waals surface area contributed by atoms with Gasteiger partial charge >= 0.3 is 0 Å². The van der Waals surface area contributed by atoms with Crippen LogP contribution < -0.4 is 15.2 Å². The first-order valence-electron chi connectivity index (χ1n) is 7.57. The lowest BCUT2D eigenvalue weighted by Gasteiger charge is -2.46. The highest BCUT2D eigenvalue weighted by atomic mass is 19.1. The molecule has 0 aromatic heterocycles. The van der Waals surface area contributed by atoms with E-state index in [4.69, 9.17) is 15.2 Å². The van der Waals surface area contributed by atoms with E-state index in [0.717, 1.165) is 11.1 Å². The van der Waals surface area contributed by atoms with Crippen LogP contribution in [0.1, 0.15) is 17.2 Å². The molecule has 2 N–H and O–H groups in total. The second kappa shape index (κ2) is 6.49. The molecule has 5 nitrogen and oxygen atoms in total. The lowest BCUT2D eigenvalue weighted by molar-refractivity contribution is -0.150. The second-order valence-electron chi connectivity index (χ2n) is 5.68. The predicted molar refractivity (Wildman–Crippen MR) is 87.2 cm³/mol. The molecule has 0 radical (unpaired) electrons. The van der Waals surface area contributed by atoms with Crippen molar-refractivity contribution in [3.8, 4) is 11.5 Å². The van der Waals surface area contributed by atoms with Gasteiger partial charge in [-0.25, -0.2) is 4.39 Å². The second-order valence-corrected chi connectivity index (χ2v) is 5.68. The van der Waals surface area contributed by atoms with E-state index < -0.39 is 6.04 Å². The fourth-order valence-corrected chi connectivity index (χ4v) is 2.96. The molecular formula is C18H19FN2O3. The summed E-state index contributed by atoms with van der Waals surface area (Å²) in [7, 11) is 3.13. The van der Waals surface area contributed by atoms with Crippen LogP contribution in [0.4, 0.5) is 4.39 Å². The third-order valence-electron chi connectivity index (χ3n) is 4.26. The summed E-state index contributed by atoms with van der Waals surface area (Å²) >= 11 is 0. The first-order valence-corrected chi connectivity index (χ1v) is 7.57. The summed E-state index contributed by atoms with van der Waals surface area (Å²) in [5, 5.41) is 0. The van der Waals surface area contributed by atoms with E-state index in [1.807, 2.05) is 12.1 Å². The number of halogens is 1. The van der Waals surface area contributed by atoms with Gasteiger partial charge in [0.2, 0.25) is 5.91 Å². The molecule has 0 spiro atoms. The van der Waals surface area contributed by atoms with E-state index in [-0.39, 0.29) is 17.8 Å². The first-order chi connectivity index (χ1) is 11.5. The molecule has 1 heterocycles. The maximum Gasteiger partial charge on any atom is 0.242 e. The number of carbonyl (C=O) groups is 1. The predicted octanol–water partition coefficient (Wildman–Crippen LogP) is 2.25. The molecule has 126 valence electrons. The number of hydrogen-bond acceptors (Lipinski definition) is 4. The number of β-lactam (4-membered cyclic amide) rings is 1. The van der Waals surface area contributed by atoms with E-state index >= 15 is 0 Å². The molecule has 1 amide bonds. The molecule has 1 saturated heterocycles. The molecule has 24 heavy (non-hydrogen) atoms. The average molecular weight is 330 g/mol. The fraction of sp³-hybridized carbons (Fsp3) is 0.278. The molecule has 2 aromatic rings. The highest BCUT2D eigenvalue weighted by Gasteiger charge is 2.45. The van der Waals surface area contributed by atoms with Crippen molar-refractivity contribution in [2.75, 3.05) is 14.2 Å². The van der Waals surface area contributed by atoms with Crippen molar-refractivity contribution >= 4 is 5.91 Å². The van der Waals surface area contributed by atoms with Crippen molar-refractivity contribution in [1.29, 1.82) is 0 Å². The van der Waals surface area contributed by atoms with Gasteiger partial charge in [-0.1, -0.05) is 18.2 Å². The van der Waals surface area contributed by atoms with Crippen LogP contribution in [0.5, 0.6) is 11.5 Å². The maximum atomic E-state index is 13.0. The minimum Gasteiger partial charge on any atom is -0.493 e. The minimum atomic E-state index is -0.594. The minimum absolute atomic E-state index is 0.126. The molecule has 2 atom stereocenters.